The van der Waals surface area contributed by atoms with Gasteiger partial charge in [0.2, 0.25) is 0 Å². The van der Waals surface area contributed by atoms with Gasteiger partial charge in [-0.3, -0.25) is 4.90 Å². The maximum atomic E-state index is 4.00. The first kappa shape index (κ1) is 15.7. The Morgan fingerprint density at radius 3 is 2.52 bits per heavy atom. The van der Waals surface area contributed by atoms with Crippen LogP contribution < -0.4 is 0 Å². The summed E-state index contributed by atoms with van der Waals surface area (Å²) in [6.07, 6.45) is 1.34. The highest BCUT2D eigenvalue weighted by atomic mass is 79.9. The number of hydrogen-bond acceptors (Lipinski definition) is 2. The molecule has 2 bridgehead atoms. The van der Waals surface area contributed by atoms with Gasteiger partial charge in [0.25, 0.3) is 0 Å². The largest absolute Gasteiger partial charge is 0.294 e. The van der Waals surface area contributed by atoms with Crippen LogP contribution in [0.5, 0.6) is 0 Å². The normalized spacial score (nSPS) is 30.0. The number of benzene rings is 2. The van der Waals surface area contributed by atoms with Gasteiger partial charge in [-0.1, -0.05) is 64.0 Å². The molecule has 1 heterocycles. The zero-order valence-electron chi connectivity index (χ0n) is 13.4. The summed E-state index contributed by atoms with van der Waals surface area (Å²) in [6.45, 7) is 4.47. The van der Waals surface area contributed by atoms with Gasteiger partial charge in [-0.15, -0.1) is 11.8 Å². The van der Waals surface area contributed by atoms with Gasteiger partial charge in [0.15, 0.2) is 0 Å². The zero-order chi connectivity index (χ0) is 15.8. The van der Waals surface area contributed by atoms with E-state index in [0.717, 1.165) is 12.5 Å². The molecule has 1 saturated heterocycles. The molecule has 2 aromatic rings. The topological polar surface area (TPSA) is 3.24 Å². The second-order valence-electron chi connectivity index (χ2n) is 6.82. The number of halogens is 1. The van der Waals surface area contributed by atoms with Crippen LogP contribution in [0.3, 0.4) is 0 Å². The van der Waals surface area contributed by atoms with Crippen LogP contribution in [0.1, 0.15) is 17.5 Å². The van der Waals surface area contributed by atoms with Gasteiger partial charge in [0.05, 0.1) is 0 Å². The molecule has 0 aromatic heterocycles. The van der Waals surface area contributed by atoms with Gasteiger partial charge in [-0.05, 0) is 37.0 Å². The highest BCUT2D eigenvalue weighted by molar-refractivity contribution is 9.09. The first-order valence-electron chi connectivity index (χ1n) is 8.36. The van der Waals surface area contributed by atoms with Crippen LogP contribution in [0.2, 0.25) is 0 Å². The van der Waals surface area contributed by atoms with E-state index >= 15 is 0 Å². The van der Waals surface area contributed by atoms with Crippen molar-refractivity contribution in [2.24, 2.45) is 5.92 Å². The van der Waals surface area contributed by atoms with Crippen LogP contribution >= 0.6 is 27.7 Å². The summed E-state index contributed by atoms with van der Waals surface area (Å²) in [7, 11) is 0. The van der Waals surface area contributed by atoms with E-state index in [1.165, 1.54) is 29.0 Å². The molecule has 0 spiro atoms. The van der Waals surface area contributed by atoms with Crippen molar-refractivity contribution in [3.63, 3.8) is 0 Å². The number of likely N-dealkylation sites (tertiary alicyclic amines) is 1. The molecule has 4 rings (SSSR count). The third-order valence-corrected chi connectivity index (χ3v) is 7.73. The van der Waals surface area contributed by atoms with Crippen LogP contribution in [0.15, 0.2) is 59.5 Å². The summed E-state index contributed by atoms with van der Waals surface area (Å²) < 4.78 is 0. The first-order valence-corrected chi connectivity index (χ1v) is 10.2. The average Bonchev–Trinajstić information content (AvgIpc) is 3.02. The summed E-state index contributed by atoms with van der Waals surface area (Å²) in [5, 5.41) is 0.699. The second-order valence-corrected chi connectivity index (χ2v) is 9.19. The Bertz CT molecular complexity index is 657. The van der Waals surface area contributed by atoms with Crippen molar-refractivity contribution in [1.29, 1.82) is 0 Å². The fourth-order valence-corrected chi connectivity index (χ4v) is 6.74. The molecule has 2 fully saturated rings. The molecular weight excluding hydrogens is 366 g/mol. The van der Waals surface area contributed by atoms with Crippen LogP contribution in [-0.4, -0.2) is 27.6 Å². The number of fused-ring (bicyclic) bond motifs is 2. The minimum Gasteiger partial charge on any atom is -0.294 e. The lowest BCUT2D eigenvalue weighted by atomic mass is 10.1. The van der Waals surface area contributed by atoms with Gasteiger partial charge in [-0.2, -0.15) is 0 Å². The lowest BCUT2D eigenvalue weighted by Gasteiger charge is -2.33. The van der Waals surface area contributed by atoms with E-state index in [2.05, 4.69) is 94.1 Å². The van der Waals surface area contributed by atoms with E-state index in [1.54, 1.807) is 0 Å². The Morgan fingerprint density at radius 2 is 1.83 bits per heavy atom. The maximum Gasteiger partial charge on any atom is 0.0353 e. The highest BCUT2D eigenvalue weighted by Gasteiger charge is 2.51. The second kappa shape index (κ2) is 6.62. The molecule has 0 N–H and O–H groups in total. The van der Waals surface area contributed by atoms with Crippen molar-refractivity contribution < 1.29 is 0 Å². The summed E-state index contributed by atoms with van der Waals surface area (Å²) in [4.78, 5) is 4.75. The third kappa shape index (κ3) is 3.24. The van der Waals surface area contributed by atoms with Crippen LogP contribution in [-0.2, 0) is 6.54 Å². The van der Waals surface area contributed by atoms with Crippen molar-refractivity contribution in [1.82, 2.24) is 4.90 Å². The lowest BCUT2D eigenvalue weighted by Crippen LogP contribution is -2.40. The van der Waals surface area contributed by atoms with Crippen LogP contribution in [0.25, 0.3) is 0 Å². The van der Waals surface area contributed by atoms with E-state index in [1.807, 2.05) is 0 Å². The van der Waals surface area contributed by atoms with Crippen molar-refractivity contribution in [3.05, 3.63) is 65.7 Å². The molecule has 1 nitrogen and oxygen atoms in total. The Labute approximate surface area is 151 Å². The number of aryl methyl sites for hydroxylation is 1. The number of alkyl halides is 1. The molecular formula is C20H22BrNS. The van der Waals surface area contributed by atoms with Gasteiger partial charge in [-0.25, -0.2) is 0 Å². The third-order valence-electron chi connectivity index (χ3n) is 5.12. The minimum absolute atomic E-state index is 0.645. The predicted octanol–water partition coefficient (Wildman–Crippen LogP) is 5.12. The van der Waals surface area contributed by atoms with E-state index in [0.29, 0.717) is 16.1 Å². The van der Waals surface area contributed by atoms with Gasteiger partial charge in [0, 0.05) is 34.1 Å². The molecule has 0 amide bonds. The summed E-state index contributed by atoms with van der Waals surface area (Å²) in [5.74, 6) is 0.798. The fraction of sp³-hybridized carbons (Fsp3) is 0.400. The van der Waals surface area contributed by atoms with Gasteiger partial charge >= 0.3 is 0 Å². The molecule has 1 saturated carbocycles. The SMILES string of the molecule is Cc1ccc(S[C@H]2C[C@H]3CN(Cc4ccccc4)[C@H]2[C@H]3Br)cc1. The molecule has 0 unspecified atom stereocenters. The smallest absolute Gasteiger partial charge is 0.0353 e. The minimum atomic E-state index is 0.645. The van der Waals surface area contributed by atoms with Gasteiger partial charge in [0.1, 0.15) is 0 Å². The fourth-order valence-electron chi connectivity index (χ4n) is 3.98. The number of piperidine rings is 1. The molecule has 2 aliphatic rings. The predicted molar refractivity (Wildman–Crippen MR) is 102 cm³/mol. The van der Waals surface area contributed by atoms with E-state index < -0.39 is 0 Å². The molecule has 1 aliphatic heterocycles. The monoisotopic (exact) mass is 387 g/mol. The van der Waals surface area contributed by atoms with Crippen molar-refractivity contribution >= 4 is 27.7 Å². The Hall–Kier alpha value is -0.770. The molecule has 120 valence electrons. The number of hydrogen-bond donors (Lipinski definition) is 0. The standard InChI is InChI=1S/C20H22BrNS/c1-14-7-9-17(10-8-14)23-18-11-16-13-22(20(18)19(16)21)12-15-5-3-2-4-6-15/h2-10,16,18-20H,11-13H2,1H3/t16-,18-,19-,20+/m0/s1. The molecule has 1 aliphatic carbocycles. The quantitative estimate of drug-likeness (QED) is 0.669. The van der Waals surface area contributed by atoms with E-state index in [-0.39, 0.29) is 0 Å². The molecule has 23 heavy (non-hydrogen) atoms. The molecule has 2 aromatic carbocycles. The molecule has 4 atom stereocenters. The van der Waals surface area contributed by atoms with Crippen LogP contribution in [0, 0.1) is 12.8 Å². The molecule has 3 heteroatoms. The lowest BCUT2D eigenvalue weighted by molar-refractivity contribution is 0.211. The number of rotatable bonds is 4. The Kier molecular flexibility index (Phi) is 4.53. The average molecular weight is 388 g/mol. The molecule has 0 radical (unpaired) electrons. The van der Waals surface area contributed by atoms with Crippen molar-refractivity contribution in [2.75, 3.05) is 6.54 Å². The first-order chi connectivity index (χ1) is 11.2. The zero-order valence-corrected chi connectivity index (χ0v) is 15.8. The van der Waals surface area contributed by atoms with Gasteiger partial charge < -0.3 is 0 Å². The summed E-state index contributed by atoms with van der Waals surface area (Å²) in [5.41, 5.74) is 2.77. The van der Waals surface area contributed by atoms with Crippen LogP contribution in [0.4, 0.5) is 0 Å². The van der Waals surface area contributed by atoms with E-state index in [9.17, 15) is 0 Å². The van der Waals surface area contributed by atoms with Crippen molar-refractivity contribution in [3.8, 4) is 0 Å². The van der Waals surface area contributed by atoms with E-state index in [4.69, 9.17) is 0 Å². The number of thioether (sulfide) groups is 1. The summed E-state index contributed by atoms with van der Waals surface area (Å²) in [6, 6.07) is 20.5. The van der Waals surface area contributed by atoms with Crippen molar-refractivity contribution in [2.45, 2.75) is 40.9 Å². The summed E-state index contributed by atoms with van der Waals surface area (Å²) >= 11 is 6.07. The Morgan fingerprint density at radius 1 is 1.09 bits per heavy atom. The number of nitrogens with zero attached hydrogens (tertiary/aromatic N) is 1. The maximum absolute atomic E-state index is 4.00. The highest BCUT2D eigenvalue weighted by Crippen LogP contribution is 2.49. The Balaban J connectivity index is 1.48.